The minimum absolute atomic E-state index is 0.0139. The third-order valence-electron chi connectivity index (χ3n) is 5.77. The fourth-order valence-electron chi connectivity index (χ4n) is 4.15. The minimum Gasteiger partial charge on any atom is -0.494 e. The number of nitrogens with one attached hydrogen (secondary N) is 1. The molecular weight excluding hydrogens is 421 g/mol. The Morgan fingerprint density at radius 1 is 1.06 bits per heavy atom. The number of ether oxygens (including phenoxy) is 1. The molecule has 2 aromatic carbocycles. The molecule has 0 saturated carbocycles. The highest BCUT2D eigenvalue weighted by Gasteiger charge is 2.28. The van der Waals surface area contributed by atoms with Crippen LogP contribution in [0, 0.1) is 12.7 Å². The van der Waals surface area contributed by atoms with Crippen LogP contribution in [0.1, 0.15) is 46.6 Å². The Morgan fingerprint density at radius 3 is 2.67 bits per heavy atom. The number of anilines is 2. The van der Waals surface area contributed by atoms with Gasteiger partial charge in [0, 0.05) is 18.0 Å². The van der Waals surface area contributed by atoms with E-state index in [1.807, 2.05) is 32.0 Å². The van der Waals surface area contributed by atoms with Crippen LogP contribution in [0.4, 0.5) is 16.3 Å². The SMILES string of the molecule is CCOc1ccc2nc(Nc3ncc4c(n3)C[C@@H](c3ccc(F)cc3)CC4=O)nc(C)c2c1. The number of benzene rings is 2. The molecule has 0 amide bonds. The van der Waals surface area contributed by atoms with E-state index in [0.717, 1.165) is 27.9 Å². The summed E-state index contributed by atoms with van der Waals surface area (Å²) in [6.07, 6.45) is 2.48. The van der Waals surface area contributed by atoms with Crippen LogP contribution in [0.3, 0.4) is 0 Å². The topological polar surface area (TPSA) is 89.9 Å². The molecule has 0 fully saturated rings. The second-order valence-electron chi connectivity index (χ2n) is 8.00. The fourth-order valence-corrected chi connectivity index (χ4v) is 4.15. The monoisotopic (exact) mass is 443 g/mol. The van der Waals surface area contributed by atoms with Crippen LogP contribution in [0.25, 0.3) is 10.9 Å². The van der Waals surface area contributed by atoms with Gasteiger partial charge in [0.1, 0.15) is 11.6 Å². The molecule has 8 heteroatoms. The van der Waals surface area contributed by atoms with Gasteiger partial charge in [0.25, 0.3) is 0 Å². The summed E-state index contributed by atoms with van der Waals surface area (Å²) < 4.78 is 18.9. The van der Waals surface area contributed by atoms with Crippen LogP contribution in [0.5, 0.6) is 5.75 Å². The van der Waals surface area contributed by atoms with E-state index in [1.54, 1.807) is 18.3 Å². The molecule has 0 spiro atoms. The highest BCUT2D eigenvalue weighted by atomic mass is 19.1. The van der Waals surface area contributed by atoms with E-state index in [0.29, 0.717) is 42.6 Å². The summed E-state index contributed by atoms with van der Waals surface area (Å²) in [5.41, 5.74) is 3.69. The van der Waals surface area contributed by atoms with E-state index in [9.17, 15) is 9.18 Å². The summed E-state index contributed by atoms with van der Waals surface area (Å²) >= 11 is 0. The lowest BCUT2D eigenvalue weighted by molar-refractivity contribution is 0.0962. The maximum absolute atomic E-state index is 13.3. The first-order valence-corrected chi connectivity index (χ1v) is 10.8. The van der Waals surface area contributed by atoms with E-state index in [1.165, 1.54) is 12.1 Å². The predicted molar refractivity (Wildman–Crippen MR) is 123 cm³/mol. The lowest BCUT2D eigenvalue weighted by atomic mass is 9.82. The molecule has 0 radical (unpaired) electrons. The number of ketones is 1. The van der Waals surface area contributed by atoms with Gasteiger partial charge in [0.05, 0.1) is 29.1 Å². The van der Waals surface area contributed by atoms with Crippen molar-refractivity contribution < 1.29 is 13.9 Å². The smallest absolute Gasteiger partial charge is 0.230 e. The quantitative estimate of drug-likeness (QED) is 0.468. The number of aromatic nitrogens is 4. The average Bonchev–Trinajstić information content (AvgIpc) is 2.80. The summed E-state index contributed by atoms with van der Waals surface area (Å²) in [4.78, 5) is 30.7. The minimum atomic E-state index is -0.296. The standard InChI is InChI=1S/C25H22FN5O2/c1-3-33-18-8-9-21-19(12-18)14(2)28-25(29-21)31-24-27-13-20-22(30-24)10-16(11-23(20)32)15-4-6-17(26)7-5-15/h4-9,12-13,16H,3,10-11H2,1-2H3,(H,27,28,29,30,31)/t16-/m1/s1. The van der Waals surface area contributed by atoms with Gasteiger partial charge >= 0.3 is 0 Å². The number of halogens is 1. The molecule has 1 aliphatic rings. The van der Waals surface area contributed by atoms with Gasteiger partial charge < -0.3 is 4.74 Å². The molecule has 4 aromatic rings. The van der Waals surface area contributed by atoms with Crippen LogP contribution in [-0.2, 0) is 6.42 Å². The fraction of sp³-hybridized carbons (Fsp3) is 0.240. The third-order valence-corrected chi connectivity index (χ3v) is 5.77. The number of carbonyl (C=O) groups excluding carboxylic acids is 1. The molecule has 1 aliphatic carbocycles. The number of hydrogen-bond acceptors (Lipinski definition) is 7. The lowest BCUT2D eigenvalue weighted by Gasteiger charge is -2.23. The molecule has 33 heavy (non-hydrogen) atoms. The Bertz CT molecular complexity index is 1360. The number of nitrogens with zero attached hydrogens (tertiary/aromatic N) is 4. The van der Waals surface area contributed by atoms with E-state index >= 15 is 0 Å². The van der Waals surface area contributed by atoms with Gasteiger partial charge in [-0.05, 0) is 62.1 Å². The number of aryl methyl sites for hydroxylation is 1. The highest BCUT2D eigenvalue weighted by molar-refractivity contribution is 5.98. The van der Waals surface area contributed by atoms with Crippen molar-refractivity contribution in [2.45, 2.75) is 32.6 Å². The summed E-state index contributed by atoms with van der Waals surface area (Å²) in [5.74, 6) is 1.12. The Kier molecular flexibility index (Phi) is 5.42. The summed E-state index contributed by atoms with van der Waals surface area (Å²) in [6.45, 7) is 4.43. The van der Waals surface area contributed by atoms with Crippen molar-refractivity contribution in [3.8, 4) is 5.75 Å². The van der Waals surface area contributed by atoms with Crippen molar-refractivity contribution in [1.82, 2.24) is 19.9 Å². The third kappa shape index (κ3) is 4.24. The summed E-state index contributed by atoms with van der Waals surface area (Å²) in [6, 6.07) is 12.0. The van der Waals surface area contributed by atoms with Crippen LogP contribution in [-0.4, -0.2) is 32.3 Å². The second-order valence-corrected chi connectivity index (χ2v) is 8.00. The zero-order valence-electron chi connectivity index (χ0n) is 18.3. The molecule has 0 bridgehead atoms. The van der Waals surface area contributed by atoms with Gasteiger partial charge in [0.15, 0.2) is 5.78 Å². The molecular formula is C25H22FN5O2. The van der Waals surface area contributed by atoms with Gasteiger partial charge in [-0.3, -0.25) is 10.1 Å². The van der Waals surface area contributed by atoms with Crippen molar-refractivity contribution in [1.29, 1.82) is 0 Å². The Balaban J connectivity index is 1.42. The first kappa shape index (κ1) is 20.9. The first-order valence-electron chi connectivity index (χ1n) is 10.8. The molecule has 0 unspecified atom stereocenters. The molecule has 1 N–H and O–H groups in total. The molecule has 5 rings (SSSR count). The van der Waals surface area contributed by atoms with Crippen molar-refractivity contribution in [2.24, 2.45) is 0 Å². The number of fused-ring (bicyclic) bond motifs is 2. The summed E-state index contributed by atoms with van der Waals surface area (Å²) in [7, 11) is 0. The molecule has 2 heterocycles. The lowest BCUT2D eigenvalue weighted by Crippen LogP contribution is -2.21. The number of Topliss-reactive ketones (excluding diaryl/α,β-unsaturated/α-hetero) is 1. The zero-order chi connectivity index (χ0) is 22.9. The van der Waals surface area contributed by atoms with Crippen molar-refractivity contribution in [2.75, 3.05) is 11.9 Å². The van der Waals surface area contributed by atoms with E-state index in [4.69, 9.17) is 4.74 Å². The Labute approximate surface area is 190 Å². The normalized spacial score (nSPS) is 15.4. The van der Waals surface area contributed by atoms with Crippen LogP contribution >= 0.6 is 0 Å². The average molecular weight is 443 g/mol. The second kappa shape index (κ2) is 8.54. The van der Waals surface area contributed by atoms with Gasteiger partial charge in [-0.15, -0.1) is 0 Å². The van der Waals surface area contributed by atoms with Crippen molar-refractivity contribution in [3.05, 3.63) is 77.0 Å². The number of rotatable bonds is 5. The molecule has 166 valence electrons. The van der Waals surface area contributed by atoms with E-state index in [2.05, 4.69) is 25.3 Å². The first-order chi connectivity index (χ1) is 16.0. The Hall–Kier alpha value is -3.94. The summed E-state index contributed by atoms with van der Waals surface area (Å²) in [5, 5.41) is 3.98. The largest absolute Gasteiger partial charge is 0.494 e. The number of carbonyl (C=O) groups is 1. The highest BCUT2D eigenvalue weighted by Crippen LogP contribution is 2.32. The molecule has 0 saturated heterocycles. The Morgan fingerprint density at radius 2 is 1.88 bits per heavy atom. The number of hydrogen-bond donors (Lipinski definition) is 1. The molecule has 7 nitrogen and oxygen atoms in total. The van der Waals surface area contributed by atoms with Crippen molar-refractivity contribution >= 4 is 28.6 Å². The van der Waals surface area contributed by atoms with Crippen LogP contribution < -0.4 is 10.1 Å². The zero-order valence-corrected chi connectivity index (χ0v) is 18.3. The van der Waals surface area contributed by atoms with E-state index in [-0.39, 0.29) is 17.5 Å². The van der Waals surface area contributed by atoms with Crippen LogP contribution in [0.2, 0.25) is 0 Å². The van der Waals surface area contributed by atoms with Gasteiger partial charge in [-0.25, -0.2) is 24.3 Å². The van der Waals surface area contributed by atoms with Crippen molar-refractivity contribution in [3.63, 3.8) is 0 Å². The maximum Gasteiger partial charge on any atom is 0.230 e. The van der Waals surface area contributed by atoms with Gasteiger partial charge in [0.2, 0.25) is 11.9 Å². The molecule has 1 atom stereocenters. The van der Waals surface area contributed by atoms with E-state index < -0.39 is 0 Å². The molecule has 0 aliphatic heterocycles. The van der Waals surface area contributed by atoms with Gasteiger partial charge in [-0.2, -0.15) is 0 Å². The molecule has 2 aromatic heterocycles. The maximum atomic E-state index is 13.3. The predicted octanol–water partition coefficient (Wildman–Crippen LogP) is 4.92. The van der Waals surface area contributed by atoms with Gasteiger partial charge in [-0.1, -0.05) is 12.1 Å². The van der Waals surface area contributed by atoms with Crippen LogP contribution in [0.15, 0.2) is 48.7 Å².